The second kappa shape index (κ2) is 11.4. The number of aromatic nitrogens is 3. The van der Waals surface area contributed by atoms with Crippen molar-refractivity contribution in [3.8, 4) is 22.4 Å². The number of anilines is 1. The molecule has 1 aliphatic rings. The largest absolute Gasteiger partial charge is 0.453 e. The molecule has 0 bridgehead atoms. The predicted octanol–water partition coefficient (Wildman–Crippen LogP) is 5.53. The van der Waals surface area contributed by atoms with Gasteiger partial charge < -0.3 is 14.3 Å². The van der Waals surface area contributed by atoms with Crippen molar-refractivity contribution in [2.45, 2.75) is 25.8 Å². The smallest absolute Gasteiger partial charge is 0.411 e. The molecule has 10 nitrogen and oxygen atoms in total. The Morgan fingerprint density at radius 2 is 2.00 bits per heavy atom. The molecule has 1 aliphatic heterocycles. The van der Waals surface area contributed by atoms with Gasteiger partial charge in [0.15, 0.2) is 0 Å². The Morgan fingerprint density at radius 3 is 2.77 bits per heavy atom. The summed E-state index contributed by atoms with van der Waals surface area (Å²) in [7, 11) is 1.31. The van der Waals surface area contributed by atoms with Gasteiger partial charge in [0, 0.05) is 34.2 Å². The summed E-state index contributed by atoms with van der Waals surface area (Å²) in [6, 6.07) is 16.1. The van der Waals surface area contributed by atoms with Crippen LogP contribution in [0.1, 0.15) is 30.9 Å². The number of aryl methyl sites for hydroxylation is 1. The zero-order valence-corrected chi connectivity index (χ0v) is 22.1. The first-order valence-electron chi connectivity index (χ1n) is 12.3. The number of rotatable bonds is 7. The number of benzene rings is 2. The summed E-state index contributed by atoms with van der Waals surface area (Å²) < 4.78 is 6.41. The van der Waals surface area contributed by atoms with Crippen LogP contribution in [0.25, 0.3) is 22.4 Å². The Labute approximate surface area is 229 Å². The highest BCUT2D eigenvalue weighted by atomic mass is 35.5. The van der Waals surface area contributed by atoms with E-state index in [4.69, 9.17) is 11.6 Å². The topological polar surface area (TPSA) is 126 Å². The van der Waals surface area contributed by atoms with E-state index >= 15 is 0 Å². The first kappa shape index (κ1) is 25.9. The van der Waals surface area contributed by atoms with Crippen LogP contribution in [0.15, 0.2) is 75.7 Å². The maximum Gasteiger partial charge on any atom is 0.411 e. The number of amides is 1. The van der Waals surface area contributed by atoms with Crippen molar-refractivity contribution in [1.82, 2.24) is 20.0 Å². The van der Waals surface area contributed by atoms with Crippen LogP contribution in [0.4, 0.5) is 16.2 Å². The minimum absolute atomic E-state index is 0.121. The van der Waals surface area contributed by atoms with Gasteiger partial charge in [0.25, 0.3) is 5.56 Å². The van der Waals surface area contributed by atoms with E-state index in [1.807, 2.05) is 24.3 Å². The molecule has 5 rings (SSSR count). The molecule has 0 saturated carbocycles. The molecule has 1 atom stereocenters. The van der Waals surface area contributed by atoms with Crippen LogP contribution in [-0.4, -0.2) is 40.3 Å². The minimum atomic E-state index is -0.530. The van der Waals surface area contributed by atoms with Crippen molar-refractivity contribution in [3.63, 3.8) is 0 Å². The van der Waals surface area contributed by atoms with Crippen LogP contribution in [0, 0.1) is 0 Å². The average molecular weight is 544 g/mol. The molecular formula is C28H26ClN7O3. The summed E-state index contributed by atoms with van der Waals surface area (Å²) in [5.74, 6) is 0.714. The fourth-order valence-electron chi connectivity index (χ4n) is 4.62. The summed E-state index contributed by atoms with van der Waals surface area (Å²) in [6.07, 6.45) is 5.80. The summed E-state index contributed by atoms with van der Waals surface area (Å²) in [5.41, 5.74) is 8.04. The molecule has 1 amide bonds. The van der Waals surface area contributed by atoms with Crippen LogP contribution in [-0.2, 0) is 11.2 Å². The third kappa shape index (κ3) is 5.60. The number of carbonyl (C=O) groups is 1. The van der Waals surface area contributed by atoms with Crippen molar-refractivity contribution >= 4 is 41.6 Å². The average Bonchev–Trinajstić information content (AvgIpc) is 3.60. The van der Waals surface area contributed by atoms with Gasteiger partial charge in [-0.25, -0.2) is 14.8 Å². The highest BCUT2D eigenvalue weighted by Crippen LogP contribution is 2.36. The number of hydrogen-bond acceptors (Lipinski definition) is 6. The van der Waals surface area contributed by atoms with E-state index in [0.717, 1.165) is 40.9 Å². The summed E-state index contributed by atoms with van der Waals surface area (Å²) >= 11 is 6.29. The van der Waals surface area contributed by atoms with Gasteiger partial charge in [-0.15, -0.1) is 0 Å². The number of aliphatic imine (C=N–C) groups is 1. The zero-order chi connectivity index (χ0) is 27.4. The van der Waals surface area contributed by atoms with Crippen LogP contribution in [0.3, 0.4) is 0 Å². The van der Waals surface area contributed by atoms with Crippen LogP contribution >= 0.6 is 11.6 Å². The lowest BCUT2D eigenvalue weighted by atomic mass is 10.0. The number of hydrogen-bond donors (Lipinski definition) is 3. The minimum Gasteiger partial charge on any atom is -0.453 e. The monoisotopic (exact) mass is 543 g/mol. The molecule has 0 aliphatic carbocycles. The highest BCUT2D eigenvalue weighted by Gasteiger charge is 2.28. The van der Waals surface area contributed by atoms with Gasteiger partial charge in [-0.2, -0.15) is 5.10 Å². The Bertz CT molecular complexity index is 1620. The van der Waals surface area contributed by atoms with Crippen LogP contribution < -0.4 is 16.3 Å². The van der Waals surface area contributed by atoms with Gasteiger partial charge in [-0.3, -0.25) is 15.5 Å². The SMILES string of the molecule is CC=NNC=Nc1ccc(Cl)cc1-c1cc2n(c(=O)c1)C(c1ncc(-c3ccc(NC(=O)OC)cc3)[nH]1)CC2. The summed E-state index contributed by atoms with van der Waals surface area (Å²) in [5, 5.41) is 7.09. The highest BCUT2D eigenvalue weighted by molar-refractivity contribution is 6.31. The molecular weight excluding hydrogens is 518 g/mol. The second-order valence-electron chi connectivity index (χ2n) is 8.81. The van der Waals surface area contributed by atoms with Crippen molar-refractivity contribution in [1.29, 1.82) is 0 Å². The Hall–Kier alpha value is -4.70. The fraction of sp³-hybridized carbons (Fsp3) is 0.179. The van der Waals surface area contributed by atoms with Gasteiger partial charge >= 0.3 is 6.09 Å². The third-order valence-electron chi connectivity index (χ3n) is 6.41. The molecule has 39 heavy (non-hydrogen) atoms. The van der Waals surface area contributed by atoms with E-state index in [2.05, 4.69) is 35.5 Å². The quantitative estimate of drug-likeness (QED) is 0.160. The number of nitrogens with zero attached hydrogens (tertiary/aromatic N) is 4. The molecule has 0 fully saturated rings. The molecule has 11 heteroatoms. The molecule has 2 aromatic heterocycles. The maximum absolute atomic E-state index is 13.4. The Morgan fingerprint density at radius 1 is 1.18 bits per heavy atom. The molecule has 2 aromatic carbocycles. The summed E-state index contributed by atoms with van der Waals surface area (Å²) in [6.45, 7) is 1.80. The summed E-state index contributed by atoms with van der Waals surface area (Å²) in [4.78, 5) is 37.2. The first-order valence-corrected chi connectivity index (χ1v) is 12.7. The number of pyridine rings is 1. The number of fused-ring (bicyclic) bond motifs is 1. The lowest BCUT2D eigenvalue weighted by molar-refractivity contribution is 0.187. The van der Waals surface area contributed by atoms with Crippen molar-refractivity contribution in [2.24, 2.45) is 10.1 Å². The van der Waals surface area contributed by atoms with Gasteiger partial charge in [0.05, 0.1) is 30.7 Å². The molecule has 1 unspecified atom stereocenters. The van der Waals surface area contributed by atoms with E-state index in [1.165, 1.54) is 13.4 Å². The number of H-pyrrole nitrogens is 1. The predicted molar refractivity (Wildman–Crippen MR) is 153 cm³/mol. The molecule has 0 radical (unpaired) electrons. The molecule has 3 heterocycles. The van der Waals surface area contributed by atoms with Crippen molar-refractivity contribution in [2.75, 3.05) is 12.4 Å². The number of carbonyl (C=O) groups excluding carboxylic acids is 1. The fourth-order valence-corrected chi connectivity index (χ4v) is 4.79. The van der Waals surface area contributed by atoms with E-state index in [0.29, 0.717) is 22.2 Å². The molecule has 198 valence electrons. The molecule has 0 spiro atoms. The number of ether oxygens (including phenoxy) is 1. The van der Waals surface area contributed by atoms with Gasteiger partial charge in [-0.05, 0) is 67.3 Å². The van der Waals surface area contributed by atoms with Gasteiger partial charge in [0.2, 0.25) is 0 Å². The van der Waals surface area contributed by atoms with E-state index < -0.39 is 6.09 Å². The normalized spacial score (nSPS) is 14.6. The first-order chi connectivity index (χ1) is 19.0. The molecule has 3 N–H and O–H groups in total. The number of hydrazone groups is 1. The molecule has 4 aromatic rings. The Kier molecular flexibility index (Phi) is 7.55. The van der Waals surface area contributed by atoms with E-state index in [1.54, 1.807) is 54.2 Å². The van der Waals surface area contributed by atoms with Crippen LogP contribution in [0.2, 0.25) is 5.02 Å². The lowest BCUT2D eigenvalue weighted by Gasteiger charge is -2.14. The van der Waals surface area contributed by atoms with Crippen molar-refractivity contribution in [3.05, 3.63) is 87.7 Å². The van der Waals surface area contributed by atoms with Crippen LogP contribution in [0.5, 0.6) is 0 Å². The number of imidazole rings is 1. The number of halogens is 1. The second-order valence-corrected chi connectivity index (χ2v) is 9.25. The zero-order valence-electron chi connectivity index (χ0n) is 21.3. The molecule has 0 saturated heterocycles. The number of nitrogens with one attached hydrogen (secondary N) is 3. The lowest BCUT2D eigenvalue weighted by Crippen LogP contribution is -2.23. The van der Waals surface area contributed by atoms with E-state index in [-0.39, 0.29) is 11.6 Å². The third-order valence-corrected chi connectivity index (χ3v) is 6.64. The Balaban J connectivity index is 1.41. The standard InChI is InChI=1S/C28H26ClN7O3/c1-3-32-33-16-31-23-10-6-19(29)14-22(23)18-12-21-9-11-25(36(21)26(37)13-18)27-30-15-24(35-27)17-4-7-20(8-5-17)34-28(38)39-2/h3-8,10,12-16,25H,9,11H2,1-2H3,(H,30,35)(H,31,33)(H,34,38). The van der Waals surface area contributed by atoms with Gasteiger partial charge in [0.1, 0.15) is 12.2 Å². The van der Waals surface area contributed by atoms with E-state index in [9.17, 15) is 9.59 Å². The van der Waals surface area contributed by atoms with Crippen molar-refractivity contribution < 1.29 is 9.53 Å². The van der Waals surface area contributed by atoms with Gasteiger partial charge in [-0.1, -0.05) is 23.7 Å². The number of methoxy groups -OCH3 is 1. The maximum atomic E-state index is 13.4. The number of aromatic amines is 1.